The van der Waals surface area contributed by atoms with Crippen LogP contribution >= 0.6 is 0 Å². The summed E-state index contributed by atoms with van der Waals surface area (Å²) in [6, 6.07) is -0.130. The minimum atomic E-state index is -0.202. The minimum Gasteiger partial charge on any atom is -0.326 e. The molecular weight excluding hydrogens is 204 g/mol. The van der Waals surface area contributed by atoms with Crippen LogP contribution in [0.3, 0.4) is 0 Å². The average Bonchev–Trinajstić information content (AvgIpc) is 2.09. The van der Waals surface area contributed by atoms with Gasteiger partial charge in [-0.3, -0.25) is 14.5 Å². The van der Waals surface area contributed by atoms with Gasteiger partial charge in [0, 0.05) is 25.4 Å². The van der Waals surface area contributed by atoms with Crippen LogP contribution in [0.4, 0.5) is 0 Å². The van der Waals surface area contributed by atoms with Crippen molar-refractivity contribution in [2.75, 3.05) is 6.54 Å². The van der Waals surface area contributed by atoms with Gasteiger partial charge in [-0.2, -0.15) is 0 Å². The van der Waals surface area contributed by atoms with Crippen molar-refractivity contribution in [3.63, 3.8) is 0 Å². The summed E-state index contributed by atoms with van der Waals surface area (Å²) in [4.78, 5) is 25.0. The summed E-state index contributed by atoms with van der Waals surface area (Å²) in [6.07, 6.45) is 0.868. The molecule has 0 aromatic heterocycles. The van der Waals surface area contributed by atoms with Crippen LogP contribution in [-0.2, 0) is 9.59 Å². The zero-order valence-corrected chi connectivity index (χ0v) is 10.6. The lowest BCUT2D eigenvalue weighted by atomic mass is 9.81. The SMILES string of the molecule is CC(C)C(N)CN1C(=O)CC(C)(C)CC1=O. The zero-order valence-electron chi connectivity index (χ0n) is 10.6. The van der Waals surface area contributed by atoms with Gasteiger partial charge < -0.3 is 5.73 Å². The second kappa shape index (κ2) is 4.53. The van der Waals surface area contributed by atoms with E-state index in [2.05, 4.69) is 0 Å². The van der Waals surface area contributed by atoms with Crippen molar-refractivity contribution in [3.8, 4) is 0 Å². The van der Waals surface area contributed by atoms with Crippen molar-refractivity contribution in [1.29, 1.82) is 0 Å². The van der Waals surface area contributed by atoms with E-state index in [0.717, 1.165) is 0 Å². The maximum absolute atomic E-state index is 11.8. The number of hydrogen-bond donors (Lipinski definition) is 1. The molecule has 4 nitrogen and oxygen atoms in total. The molecule has 2 N–H and O–H groups in total. The molecule has 1 aliphatic rings. The van der Waals surface area contributed by atoms with Crippen LogP contribution < -0.4 is 5.73 Å². The Hall–Kier alpha value is -0.900. The fourth-order valence-corrected chi connectivity index (χ4v) is 1.84. The number of rotatable bonds is 3. The van der Waals surface area contributed by atoms with Gasteiger partial charge >= 0.3 is 0 Å². The van der Waals surface area contributed by atoms with E-state index in [9.17, 15) is 9.59 Å². The van der Waals surface area contributed by atoms with Gasteiger partial charge in [0.05, 0.1) is 0 Å². The second-order valence-corrected chi connectivity index (χ2v) is 5.82. The van der Waals surface area contributed by atoms with Gasteiger partial charge in [0.25, 0.3) is 0 Å². The molecule has 0 bridgehead atoms. The average molecular weight is 226 g/mol. The highest BCUT2D eigenvalue weighted by molar-refractivity contribution is 5.98. The highest BCUT2D eigenvalue weighted by Crippen LogP contribution is 2.31. The number of amides is 2. The summed E-state index contributed by atoms with van der Waals surface area (Å²) in [5.74, 6) is 0.102. The standard InChI is InChI=1S/C12H22N2O2/c1-8(2)9(13)7-14-10(15)5-12(3,4)6-11(14)16/h8-9H,5-7,13H2,1-4H3. The Morgan fingerprint density at radius 1 is 1.25 bits per heavy atom. The molecular formula is C12H22N2O2. The van der Waals surface area contributed by atoms with Crippen molar-refractivity contribution in [2.24, 2.45) is 17.1 Å². The van der Waals surface area contributed by atoms with E-state index in [-0.39, 0.29) is 29.2 Å². The largest absolute Gasteiger partial charge is 0.326 e. The third-order valence-electron chi connectivity index (χ3n) is 3.11. The van der Waals surface area contributed by atoms with Gasteiger partial charge in [0.2, 0.25) is 11.8 Å². The molecule has 16 heavy (non-hydrogen) atoms. The van der Waals surface area contributed by atoms with Gasteiger partial charge in [-0.25, -0.2) is 0 Å². The first kappa shape index (κ1) is 13.2. The number of carbonyl (C=O) groups is 2. The third kappa shape index (κ3) is 3.04. The van der Waals surface area contributed by atoms with Crippen LogP contribution in [0.5, 0.6) is 0 Å². The van der Waals surface area contributed by atoms with Crippen molar-refractivity contribution in [2.45, 2.75) is 46.6 Å². The molecule has 2 amide bonds. The smallest absolute Gasteiger partial charge is 0.229 e. The van der Waals surface area contributed by atoms with E-state index in [1.165, 1.54) is 4.90 Å². The molecule has 0 aromatic carbocycles. The third-order valence-corrected chi connectivity index (χ3v) is 3.11. The molecule has 0 spiro atoms. The Kier molecular flexibility index (Phi) is 3.73. The van der Waals surface area contributed by atoms with Gasteiger partial charge in [-0.1, -0.05) is 27.7 Å². The van der Waals surface area contributed by atoms with Gasteiger partial charge in [0.1, 0.15) is 0 Å². The van der Waals surface area contributed by atoms with E-state index in [0.29, 0.717) is 19.4 Å². The molecule has 1 fully saturated rings. The zero-order chi connectivity index (χ0) is 12.5. The fraction of sp³-hybridized carbons (Fsp3) is 0.833. The lowest BCUT2D eigenvalue weighted by Crippen LogP contribution is -2.51. The summed E-state index contributed by atoms with van der Waals surface area (Å²) < 4.78 is 0. The molecule has 1 heterocycles. The van der Waals surface area contributed by atoms with E-state index < -0.39 is 0 Å². The quantitative estimate of drug-likeness (QED) is 0.734. The number of imide groups is 1. The van der Waals surface area contributed by atoms with Crippen LogP contribution in [0.1, 0.15) is 40.5 Å². The monoisotopic (exact) mass is 226 g/mol. The summed E-state index contributed by atoms with van der Waals surface area (Å²) in [7, 11) is 0. The van der Waals surface area contributed by atoms with Crippen molar-refractivity contribution in [3.05, 3.63) is 0 Å². The van der Waals surface area contributed by atoms with E-state index in [4.69, 9.17) is 5.73 Å². The van der Waals surface area contributed by atoms with E-state index in [1.54, 1.807) is 0 Å². The number of likely N-dealkylation sites (tertiary alicyclic amines) is 1. The number of nitrogens with zero attached hydrogens (tertiary/aromatic N) is 1. The molecule has 0 radical (unpaired) electrons. The molecule has 1 unspecified atom stereocenters. The second-order valence-electron chi connectivity index (χ2n) is 5.82. The van der Waals surface area contributed by atoms with Gasteiger partial charge in [-0.05, 0) is 11.3 Å². The molecule has 0 saturated carbocycles. The lowest BCUT2D eigenvalue weighted by molar-refractivity contribution is -0.152. The summed E-state index contributed by atoms with van der Waals surface area (Å²) >= 11 is 0. The Bertz CT molecular complexity index is 277. The van der Waals surface area contributed by atoms with Crippen LogP contribution in [0.15, 0.2) is 0 Å². The Balaban J connectivity index is 2.68. The number of carbonyl (C=O) groups excluding carboxylic acids is 2. The first-order valence-electron chi connectivity index (χ1n) is 5.82. The Morgan fingerprint density at radius 2 is 1.69 bits per heavy atom. The van der Waals surface area contributed by atoms with Gasteiger partial charge in [-0.15, -0.1) is 0 Å². The number of piperidine rings is 1. The number of hydrogen-bond acceptors (Lipinski definition) is 3. The lowest BCUT2D eigenvalue weighted by Gasteiger charge is -2.36. The molecule has 92 valence electrons. The first-order chi connectivity index (χ1) is 7.23. The molecule has 0 aliphatic carbocycles. The first-order valence-corrected chi connectivity index (χ1v) is 5.82. The van der Waals surface area contributed by atoms with Crippen molar-refractivity contribution < 1.29 is 9.59 Å². The number of nitrogens with two attached hydrogens (primary N) is 1. The molecule has 1 saturated heterocycles. The van der Waals surface area contributed by atoms with Gasteiger partial charge in [0.15, 0.2) is 0 Å². The van der Waals surface area contributed by atoms with E-state index >= 15 is 0 Å². The summed E-state index contributed by atoms with van der Waals surface area (Å²) in [5, 5.41) is 0. The molecule has 0 aromatic rings. The van der Waals surface area contributed by atoms with Crippen LogP contribution in [-0.4, -0.2) is 29.3 Å². The van der Waals surface area contributed by atoms with Crippen LogP contribution in [0.25, 0.3) is 0 Å². The highest BCUT2D eigenvalue weighted by Gasteiger charge is 2.37. The Labute approximate surface area is 97.2 Å². The molecule has 1 atom stereocenters. The maximum Gasteiger partial charge on any atom is 0.229 e. The minimum absolute atomic E-state index is 0.0858. The molecule has 4 heteroatoms. The van der Waals surface area contributed by atoms with Crippen molar-refractivity contribution in [1.82, 2.24) is 4.90 Å². The Morgan fingerprint density at radius 3 is 2.06 bits per heavy atom. The van der Waals surface area contributed by atoms with Crippen molar-refractivity contribution >= 4 is 11.8 Å². The topological polar surface area (TPSA) is 63.4 Å². The fourth-order valence-electron chi connectivity index (χ4n) is 1.84. The van der Waals surface area contributed by atoms with Crippen LogP contribution in [0, 0.1) is 11.3 Å². The van der Waals surface area contributed by atoms with E-state index in [1.807, 2.05) is 27.7 Å². The highest BCUT2D eigenvalue weighted by atomic mass is 16.2. The predicted molar refractivity (Wildman–Crippen MR) is 62.5 cm³/mol. The predicted octanol–water partition coefficient (Wildman–Crippen LogP) is 1.14. The summed E-state index contributed by atoms with van der Waals surface area (Å²) in [5.41, 5.74) is 5.69. The maximum atomic E-state index is 11.8. The molecule has 1 aliphatic heterocycles. The molecule has 1 rings (SSSR count). The van der Waals surface area contributed by atoms with Crippen LogP contribution in [0.2, 0.25) is 0 Å². The normalized spacial score (nSPS) is 22.8. The summed E-state index contributed by atoms with van der Waals surface area (Å²) in [6.45, 7) is 8.23.